The molecule has 15 heavy (non-hydrogen) atoms. The van der Waals surface area contributed by atoms with Crippen molar-refractivity contribution in [3.63, 3.8) is 0 Å². The molecule has 0 aromatic rings. The van der Waals surface area contributed by atoms with Crippen molar-refractivity contribution in [1.82, 2.24) is 4.90 Å². The zero-order valence-electron chi connectivity index (χ0n) is 8.34. The number of nitrogens with zero attached hydrogens (tertiary/aromatic N) is 2. The molecule has 1 rings (SSSR count). The molecule has 1 aliphatic heterocycles. The van der Waals surface area contributed by atoms with E-state index in [1.165, 1.54) is 4.90 Å². The number of carbonyl (C=O) groups excluding carboxylic acids is 1. The van der Waals surface area contributed by atoms with Crippen LogP contribution < -0.4 is 0 Å². The van der Waals surface area contributed by atoms with Crippen molar-refractivity contribution in [2.24, 2.45) is 0 Å². The van der Waals surface area contributed by atoms with Crippen molar-refractivity contribution < 1.29 is 17.4 Å². The maximum Gasteiger partial charge on any atom is 0.264 e. The van der Waals surface area contributed by atoms with Crippen LogP contribution >= 0.6 is 0 Å². The molecular formula is C8H12N2O4S. The van der Waals surface area contributed by atoms with E-state index in [0.29, 0.717) is 13.0 Å². The SMILES string of the molecule is CS(=O)(=O)OCC(=O)N1CCCC1C#N. The third-order valence-electron chi connectivity index (χ3n) is 2.12. The summed E-state index contributed by atoms with van der Waals surface area (Å²) in [5.41, 5.74) is 0. The highest BCUT2D eigenvalue weighted by molar-refractivity contribution is 7.86. The quantitative estimate of drug-likeness (QED) is 0.611. The summed E-state index contributed by atoms with van der Waals surface area (Å²) in [6, 6.07) is 1.55. The number of nitriles is 1. The van der Waals surface area contributed by atoms with Crippen LogP contribution in [0.25, 0.3) is 0 Å². The summed E-state index contributed by atoms with van der Waals surface area (Å²) in [4.78, 5) is 12.8. The Balaban J connectivity index is 2.51. The van der Waals surface area contributed by atoms with Gasteiger partial charge in [0.25, 0.3) is 16.0 Å². The first kappa shape index (κ1) is 11.9. The highest BCUT2D eigenvalue weighted by Gasteiger charge is 2.28. The van der Waals surface area contributed by atoms with Gasteiger partial charge in [-0.3, -0.25) is 8.98 Å². The topological polar surface area (TPSA) is 87.5 Å². The molecule has 1 saturated heterocycles. The van der Waals surface area contributed by atoms with Gasteiger partial charge in [-0.15, -0.1) is 0 Å². The molecule has 1 unspecified atom stereocenters. The average Bonchev–Trinajstić information content (AvgIpc) is 2.60. The Kier molecular flexibility index (Phi) is 3.66. The van der Waals surface area contributed by atoms with Crippen LogP contribution in [0.4, 0.5) is 0 Å². The fourth-order valence-electron chi connectivity index (χ4n) is 1.44. The Hall–Kier alpha value is -1.13. The zero-order valence-corrected chi connectivity index (χ0v) is 9.16. The maximum atomic E-state index is 11.4. The summed E-state index contributed by atoms with van der Waals surface area (Å²) >= 11 is 0. The molecular weight excluding hydrogens is 220 g/mol. The Morgan fingerprint density at radius 2 is 2.33 bits per heavy atom. The number of carbonyl (C=O) groups is 1. The molecule has 6 nitrogen and oxygen atoms in total. The van der Waals surface area contributed by atoms with E-state index < -0.39 is 28.7 Å². The molecule has 84 valence electrons. The Bertz CT molecular complexity index is 384. The lowest BCUT2D eigenvalue weighted by molar-refractivity contribution is -0.133. The molecule has 1 heterocycles. The number of rotatable bonds is 3. The summed E-state index contributed by atoms with van der Waals surface area (Å²) in [6.45, 7) is -0.0266. The van der Waals surface area contributed by atoms with Gasteiger partial charge in [0, 0.05) is 6.54 Å². The van der Waals surface area contributed by atoms with Crippen LogP contribution in [-0.2, 0) is 19.1 Å². The van der Waals surface area contributed by atoms with Crippen molar-refractivity contribution in [1.29, 1.82) is 5.26 Å². The Morgan fingerprint density at radius 1 is 1.67 bits per heavy atom. The monoisotopic (exact) mass is 232 g/mol. The summed E-state index contributed by atoms with van der Waals surface area (Å²) in [7, 11) is -3.60. The number of hydrogen-bond acceptors (Lipinski definition) is 5. The van der Waals surface area contributed by atoms with Crippen LogP contribution in [0.2, 0.25) is 0 Å². The molecule has 0 aliphatic carbocycles. The van der Waals surface area contributed by atoms with E-state index in [0.717, 1.165) is 12.7 Å². The second-order valence-electron chi connectivity index (χ2n) is 3.34. The van der Waals surface area contributed by atoms with E-state index in [1.807, 2.05) is 6.07 Å². The third kappa shape index (κ3) is 3.49. The lowest BCUT2D eigenvalue weighted by Gasteiger charge is -2.18. The van der Waals surface area contributed by atoms with Gasteiger partial charge < -0.3 is 4.90 Å². The first-order valence-electron chi connectivity index (χ1n) is 4.47. The van der Waals surface area contributed by atoms with Crippen LogP contribution in [0.1, 0.15) is 12.8 Å². The number of amides is 1. The molecule has 0 radical (unpaired) electrons. The standard InChI is InChI=1S/C8H12N2O4S/c1-15(12,13)14-6-8(11)10-4-2-3-7(10)5-9/h7H,2-4,6H2,1H3. The van der Waals surface area contributed by atoms with Crippen molar-refractivity contribution in [3.05, 3.63) is 0 Å². The van der Waals surface area contributed by atoms with Gasteiger partial charge in [0.15, 0.2) is 0 Å². The summed E-state index contributed by atoms with van der Waals surface area (Å²) in [6.07, 6.45) is 2.29. The smallest absolute Gasteiger partial charge is 0.264 e. The Morgan fingerprint density at radius 3 is 2.87 bits per heavy atom. The molecule has 0 N–H and O–H groups in total. The minimum Gasteiger partial charge on any atom is -0.325 e. The van der Waals surface area contributed by atoms with Crippen LogP contribution in [0.3, 0.4) is 0 Å². The Labute approximate surface area is 88.5 Å². The summed E-state index contributed by atoms with van der Waals surface area (Å²) in [5, 5.41) is 8.71. The van der Waals surface area contributed by atoms with Gasteiger partial charge in [-0.25, -0.2) is 0 Å². The van der Waals surface area contributed by atoms with Gasteiger partial charge in [-0.05, 0) is 12.8 Å². The number of likely N-dealkylation sites (tertiary alicyclic amines) is 1. The van der Waals surface area contributed by atoms with Crippen molar-refractivity contribution >= 4 is 16.0 Å². The average molecular weight is 232 g/mol. The predicted octanol–water partition coefficient (Wildman–Crippen LogP) is -0.523. The van der Waals surface area contributed by atoms with Gasteiger partial charge in [-0.2, -0.15) is 13.7 Å². The highest BCUT2D eigenvalue weighted by Crippen LogP contribution is 2.16. The molecule has 0 aromatic heterocycles. The fourth-order valence-corrected chi connectivity index (χ4v) is 1.75. The maximum absolute atomic E-state index is 11.4. The molecule has 1 aliphatic rings. The lowest BCUT2D eigenvalue weighted by atomic mass is 10.2. The van der Waals surface area contributed by atoms with Crippen molar-refractivity contribution in [3.8, 4) is 6.07 Å². The normalized spacial score (nSPS) is 21.3. The molecule has 7 heteroatoms. The van der Waals surface area contributed by atoms with Gasteiger partial charge in [0.2, 0.25) is 0 Å². The second kappa shape index (κ2) is 4.59. The molecule has 1 fully saturated rings. The van der Waals surface area contributed by atoms with E-state index >= 15 is 0 Å². The first-order chi connectivity index (χ1) is 6.94. The third-order valence-corrected chi connectivity index (χ3v) is 2.66. The van der Waals surface area contributed by atoms with Gasteiger partial charge in [-0.1, -0.05) is 0 Å². The van der Waals surface area contributed by atoms with Gasteiger partial charge in [0.1, 0.15) is 12.6 Å². The second-order valence-corrected chi connectivity index (χ2v) is 4.98. The number of hydrogen-bond donors (Lipinski definition) is 0. The van der Waals surface area contributed by atoms with Gasteiger partial charge >= 0.3 is 0 Å². The van der Waals surface area contributed by atoms with E-state index in [-0.39, 0.29) is 0 Å². The van der Waals surface area contributed by atoms with Crippen LogP contribution in [-0.4, -0.2) is 44.7 Å². The molecule has 0 aromatic carbocycles. The van der Waals surface area contributed by atoms with Crippen LogP contribution in [0, 0.1) is 11.3 Å². The van der Waals surface area contributed by atoms with E-state index in [1.54, 1.807) is 0 Å². The summed E-state index contributed by atoms with van der Waals surface area (Å²) < 4.78 is 25.7. The van der Waals surface area contributed by atoms with E-state index in [9.17, 15) is 13.2 Å². The van der Waals surface area contributed by atoms with E-state index in [2.05, 4.69) is 4.18 Å². The fraction of sp³-hybridized carbons (Fsp3) is 0.750. The van der Waals surface area contributed by atoms with Crippen molar-refractivity contribution in [2.75, 3.05) is 19.4 Å². The minimum absolute atomic E-state index is 0.444. The molecule has 1 atom stereocenters. The molecule has 0 bridgehead atoms. The first-order valence-corrected chi connectivity index (χ1v) is 6.29. The lowest BCUT2D eigenvalue weighted by Crippen LogP contribution is -2.37. The molecule has 0 spiro atoms. The largest absolute Gasteiger partial charge is 0.325 e. The van der Waals surface area contributed by atoms with Crippen LogP contribution in [0.15, 0.2) is 0 Å². The van der Waals surface area contributed by atoms with Crippen LogP contribution in [0.5, 0.6) is 0 Å². The predicted molar refractivity (Wildman–Crippen MR) is 51.1 cm³/mol. The zero-order chi connectivity index (χ0) is 11.5. The van der Waals surface area contributed by atoms with Crippen molar-refractivity contribution in [2.45, 2.75) is 18.9 Å². The highest BCUT2D eigenvalue weighted by atomic mass is 32.2. The molecule has 1 amide bonds. The minimum atomic E-state index is -3.60. The molecule has 0 saturated carbocycles. The van der Waals surface area contributed by atoms with Gasteiger partial charge in [0.05, 0.1) is 12.3 Å². The van der Waals surface area contributed by atoms with E-state index in [4.69, 9.17) is 5.26 Å². The summed E-state index contributed by atoms with van der Waals surface area (Å²) in [5.74, 6) is -0.454.